The van der Waals surface area contributed by atoms with E-state index in [4.69, 9.17) is 5.11 Å². The molecular weight excluding hydrogens is 214 g/mol. The van der Waals surface area contributed by atoms with Crippen LogP contribution in [0.4, 0.5) is 0 Å². The molecule has 0 unspecified atom stereocenters. The highest BCUT2D eigenvalue weighted by molar-refractivity contribution is 5.86. The summed E-state index contributed by atoms with van der Waals surface area (Å²) in [5, 5.41) is 31.1. The third kappa shape index (κ3) is 1.56. The molecule has 6 heteroatoms. The maximum Gasteiger partial charge on any atom is 0.374 e. The first kappa shape index (κ1) is 10.0. The largest absolute Gasteiger partial charge is 0.507 e. The van der Waals surface area contributed by atoms with Gasteiger partial charge in [0.25, 0.3) is 0 Å². The van der Waals surface area contributed by atoms with Crippen molar-refractivity contribution in [2.24, 2.45) is 0 Å². The first-order chi connectivity index (χ1) is 7.59. The number of carboxylic acid groups (broad SMARTS) is 1. The van der Waals surface area contributed by atoms with Crippen LogP contribution in [0.15, 0.2) is 28.8 Å². The number of aromatic carboxylic acids is 1. The van der Waals surface area contributed by atoms with Crippen molar-refractivity contribution in [3.05, 3.63) is 30.0 Å². The molecule has 0 bridgehead atoms. The fraction of sp³-hybridized carbons (Fsp3) is 0. The summed E-state index contributed by atoms with van der Waals surface area (Å²) in [4.78, 5) is 10.6. The van der Waals surface area contributed by atoms with Gasteiger partial charge in [-0.3, -0.25) is 0 Å². The Morgan fingerprint density at radius 1 is 1.25 bits per heavy atom. The van der Waals surface area contributed by atoms with Gasteiger partial charge in [0.15, 0.2) is 0 Å². The third-order valence-corrected chi connectivity index (χ3v) is 2.00. The highest BCUT2D eigenvalue weighted by Gasteiger charge is 2.17. The first-order valence-electron chi connectivity index (χ1n) is 4.31. The molecule has 0 saturated carbocycles. The minimum absolute atomic E-state index is 0.0405. The first-order valence-corrected chi connectivity index (χ1v) is 4.31. The van der Waals surface area contributed by atoms with Crippen LogP contribution in [0.3, 0.4) is 0 Å². The molecule has 0 fully saturated rings. The molecule has 6 nitrogen and oxygen atoms in total. The van der Waals surface area contributed by atoms with Crippen molar-refractivity contribution < 1.29 is 24.6 Å². The van der Waals surface area contributed by atoms with E-state index in [0.717, 1.165) is 6.07 Å². The molecule has 1 aromatic heterocycles. The van der Waals surface area contributed by atoms with E-state index in [1.54, 1.807) is 0 Å². The molecule has 3 N–H and O–H groups in total. The third-order valence-electron chi connectivity index (χ3n) is 2.00. The molecule has 1 aromatic carbocycles. The number of aromatic nitrogens is 1. The van der Waals surface area contributed by atoms with Gasteiger partial charge in [0.2, 0.25) is 5.76 Å². The predicted molar refractivity (Wildman–Crippen MR) is 52.2 cm³/mol. The Labute approximate surface area is 89.4 Å². The second kappa shape index (κ2) is 3.58. The van der Waals surface area contributed by atoms with Gasteiger partial charge in [0, 0.05) is 6.07 Å². The van der Waals surface area contributed by atoms with E-state index in [1.807, 2.05) is 0 Å². The molecule has 0 aliphatic carbocycles. The van der Waals surface area contributed by atoms with Crippen LogP contribution in [0.1, 0.15) is 10.6 Å². The van der Waals surface area contributed by atoms with Gasteiger partial charge in [-0.15, -0.1) is 0 Å². The van der Waals surface area contributed by atoms with Crippen molar-refractivity contribution in [2.75, 3.05) is 0 Å². The van der Waals surface area contributed by atoms with Crippen LogP contribution in [0.25, 0.3) is 11.3 Å². The average Bonchev–Trinajstić information content (AvgIpc) is 2.66. The Morgan fingerprint density at radius 3 is 2.38 bits per heavy atom. The van der Waals surface area contributed by atoms with Crippen molar-refractivity contribution in [2.45, 2.75) is 0 Å². The zero-order valence-electron chi connectivity index (χ0n) is 7.91. The quantitative estimate of drug-likeness (QED) is 0.709. The van der Waals surface area contributed by atoms with Gasteiger partial charge in [-0.25, -0.2) is 4.79 Å². The average molecular weight is 221 g/mol. The van der Waals surface area contributed by atoms with Crippen LogP contribution in [0.2, 0.25) is 0 Å². The number of nitrogens with zero attached hydrogens (tertiary/aromatic N) is 1. The number of carbonyl (C=O) groups is 1. The summed E-state index contributed by atoms with van der Waals surface area (Å²) in [6, 6.07) is 5.28. The van der Waals surface area contributed by atoms with Crippen LogP contribution >= 0.6 is 0 Å². The van der Waals surface area contributed by atoms with Crippen molar-refractivity contribution in [1.82, 2.24) is 5.16 Å². The highest BCUT2D eigenvalue weighted by atomic mass is 16.5. The van der Waals surface area contributed by atoms with Gasteiger partial charge in [0.05, 0.1) is 5.56 Å². The lowest BCUT2D eigenvalue weighted by Gasteiger charge is -2.01. The minimum Gasteiger partial charge on any atom is -0.507 e. The van der Waals surface area contributed by atoms with Crippen LogP contribution in [0, 0.1) is 0 Å². The Balaban J connectivity index is 2.54. The monoisotopic (exact) mass is 221 g/mol. The number of rotatable bonds is 2. The number of carboxylic acids is 1. The van der Waals surface area contributed by atoms with Gasteiger partial charge in [0.1, 0.15) is 17.2 Å². The number of phenolic OH excluding ortho intramolecular Hbond substituents is 2. The summed E-state index contributed by atoms with van der Waals surface area (Å²) in [7, 11) is 0. The number of aromatic hydroxyl groups is 2. The fourth-order valence-corrected chi connectivity index (χ4v) is 1.28. The Hall–Kier alpha value is -2.50. The predicted octanol–water partition coefficient (Wildman–Crippen LogP) is 1.45. The number of benzene rings is 1. The second-order valence-electron chi connectivity index (χ2n) is 3.05. The molecule has 0 radical (unpaired) electrons. The summed E-state index contributed by atoms with van der Waals surface area (Å²) in [6.45, 7) is 0. The fourth-order valence-electron chi connectivity index (χ4n) is 1.28. The number of phenols is 2. The SMILES string of the molecule is O=C(O)c1cc(-c2c(O)cccc2O)no1. The van der Waals surface area contributed by atoms with Crippen molar-refractivity contribution in [3.8, 4) is 22.8 Å². The molecular formula is C10H7NO5. The van der Waals surface area contributed by atoms with E-state index in [-0.39, 0.29) is 28.5 Å². The maximum absolute atomic E-state index is 10.6. The van der Waals surface area contributed by atoms with E-state index >= 15 is 0 Å². The smallest absolute Gasteiger partial charge is 0.374 e. The van der Waals surface area contributed by atoms with Gasteiger partial charge in [-0.05, 0) is 12.1 Å². The minimum atomic E-state index is -1.27. The van der Waals surface area contributed by atoms with Gasteiger partial charge in [-0.2, -0.15) is 0 Å². The van der Waals surface area contributed by atoms with Crippen molar-refractivity contribution in [3.63, 3.8) is 0 Å². The Kier molecular flexibility index (Phi) is 2.24. The molecule has 16 heavy (non-hydrogen) atoms. The van der Waals surface area contributed by atoms with Gasteiger partial charge < -0.3 is 19.8 Å². The second-order valence-corrected chi connectivity index (χ2v) is 3.05. The molecule has 2 aromatic rings. The standard InChI is InChI=1S/C10H7NO5/c12-6-2-1-3-7(13)9(6)5-4-8(10(14)15)16-11-5/h1-4,12-13H,(H,14,15). The Bertz CT molecular complexity index is 526. The maximum atomic E-state index is 10.6. The van der Waals surface area contributed by atoms with Crippen LogP contribution < -0.4 is 0 Å². The lowest BCUT2D eigenvalue weighted by atomic mass is 10.1. The van der Waals surface area contributed by atoms with E-state index in [2.05, 4.69) is 9.68 Å². The molecule has 82 valence electrons. The van der Waals surface area contributed by atoms with E-state index < -0.39 is 5.97 Å². The molecule has 0 saturated heterocycles. The molecule has 2 rings (SSSR count). The zero-order valence-corrected chi connectivity index (χ0v) is 7.91. The van der Waals surface area contributed by atoms with Crippen LogP contribution in [0.5, 0.6) is 11.5 Å². The van der Waals surface area contributed by atoms with E-state index in [0.29, 0.717) is 0 Å². The van der Waals surface area contributed by atoms with Gasteiger partial charge >= 0.3 is 5.97 Å². The number of hydrogen-bond donors (Lipinski definition) is 3. The van der Waals surface area contributed by atoms with Crippen LogP contribution in [-0.2, 0) is 0 Å². The van der Waals surface area contributed by atoms with E-state index in [9.17, 15) is 15.0 Å². The molecule has 1 heterocycles. The van der Waals surface area contributed by atoms with Gasteiger partial charge in [-0.1, -0.05) is 11.2 Å². The number of hydrogen-bond acceptors (Lipinski definition) is 5. The van der Waals surface area contributed by atoms with E-state index in [1.165, 1.54) is 18.2 Å². The molecule has 0 spiro atoms. The Morgan fingerprint density at radius 2 is 1.88 bits per heavy atom. The summed E-state index contributed by atoms with van der Waals surface area (Å²) in [5.41, 5.74) is 0.103. The lowest BCUT2D eigenvalue weighted by molar-refractivity contribution is 0.0652. The molecule has 0 aliphatic heterocycles. The molecule has 0 atom stereocenters. The zero-order chi connectivity index (χ0) is 11.7. The van der Waals surface area contributed by atoms with Crippen molar-refractivity contribution in [1.29, 1.82) is 0 Å². The summed E-state index contributed by atoms with van der Waals surface area (Å²) >= 11 is 0. The lowest BCUT2D eigenvalue weighted by Crippen LogP contribution is -1.91. The van der Waals surface area contributed by atoms with Crippen LogP contribution in [-0.4, -0.2) is 26.4 Å². The summed E-state index contributed by atoms with van der Waals surface area (Å²) < 4.78 is 4.52. The highest BCUT2D eigenvalue weighted by Crippen LogP contribution is 2.36. The molecule has 0 aliphatic rings. The normalized spacial score (nSPS) is 10.2. The van der Waals surface area contributed by atoms with Crippen molar-refractivity contribution >= 4 is 5.97 Å². The summed E-state index contributed by atoms with van der Waals surface area (Å²) in [5.74, 6) is -2.04. The summed E-state index contributed by atoms with van der Waals surface area (Å²) in [6.07, 6.45) is 0. The molecule has 0 amide bonds. The topological polar surface area (TPSA) is 104 Å².